The van der Waals surface area contributed by atoms with Gasteiger partial charge in [-0.3, -0.25) is 0 Å². The molecule has 0 aliphatic carbocycles. The first-order chi connectivity index (χ1) is 12.1. The predicted molar refractivity (Wildman–Crippen MR) is 91.8 cm³/mol. The van der Waals surface area contributed by atoms with Crippen LogP contribution in [0.3, 0.4) is 0 Å². The normalized spacial score (nSPS) is 11.8. The number of carboxylic acids is 1. The standard InChI is InChI=1S/C19H17F4NO2/c1-9(2)24-12-6-4-11(5-7-12)14-17(22)15(20)13(16(21)18(14)23)8-10(3)19(25)26/h4-9,24H,1-3H3,(H,25,26). The second-order valence-electron chi connectivity index (χ2n) is 6.05. The number of hydrogen-bond donors (Lipinski definition) is 2. The van der Waals surface area contributed by atoms with E-state index in [0.29, 0.717) is 11.8 Å². The van der Waals surface area contributed by atoms with Crippen LogP contribution in [0.2, 0.25) is 0 Å². The number of carbonyl (C=O) groups is 1. The second-order valence-corrected chi connectivity index (χ2v) is 6.05. The quantitative estimate of drug-likeness (QED) is 0.433. The van der Waals surface area contributed by atoms with Crippen molar-refractivity contribution in [1.29, 1.82) is 0 Å². The number of hydrogen-bond acceptors (Lipinski definition) is 2. The van der Waals surface area contributed by atoms with Crippen LogP contribution in [-0.4, -0.2) is 17.1 Å². The lowest BCUT2D eigenvalue weighted by atomic mass is 9.99. The minimum absolute atomic E-state index is 0.0439. The highest BCUT2D eigenvalue weighted by atomic mass is 19.2. The Labute approximate surface area is 148 Å². The van der Waals surface area contributed by atoms with E-state index in [2.05, 4.69) is 5.32 Å². The first-order valence-corrected chi connectivity index (χ1v) is 7.78. The zero-order valence-corrected chi connectivity index (χ0v) is 14.3. The lowest BCUT2D eigenvalue weighted by Gasteiger charge is -2.13. The number of nitrogens with one attached hydrogen (secondary N) is 1. The van der Waals surface area contributed by atoms with E-state index in [-0.39, 0.29) is 11.6 Å². The predicted octanol–water partition coefficient (Wildman–Crippen LogP) is 5.22. The molecule has 0 aliphatic heterocycles. The fourth-order valence-corrected chi connectivity index (χ4v) is 2.37. The molecular weight excluding hydrogens is 350 g/mol. The SMILES string of the molecule is CC(=Cc1c(F)c(F)c(-c2ccc(NC(C)C)cc2)c(F)c1F)C(=O)O. The van der Waals surface area contributed by atoms with Gasteiger partial charge < -0.3 is 10.4 Å². The molecule has 0 atom stereocenters. The lowest BCUT2D eigenvalue weighted by Crippen LogP contribution is -2.09. The molecule has 2 rings (SSSR count). The molecule has 2 N–H and O–H groups in total. The molecule has 0 radical (unpaired) electrons. The van der Waals surface area contributed by atoms with Gasteiger partial charge in [-0.2, -0.15) is 0 Å². The number of aliphatic carboxylic acids is 1. The third kappa shape index (κ3) is 3.87. The number of anilines is 1. The van der Waals surface area contributed by atoms with Crippen LogP contribution < -0.4 is 5.32 Å². The number of rotatable bonds is 5. The molecular formula is C19H17F4NO2. The van der Waals surface area contributed by atoms with Gasteiger partial charge in [-0.15, -0.1) is 0 Å². The summed E-state index contributed by atoms with van der Waals surface area (Å²) in [5, 5.41) is 11.9. The van der Waals surface area contributed by atoms with Crippen molar-refractivity contribution in [2.45, 2.75) is 26.8 Å². The topological polar surface area (TPSA) is 49.3 Å². The molecule has 2 aromatic carbocycles. The lowest BCUT2D eigenvalue weighted by molar-refractivity contribution is -0.132. The van der Waals surface area contributed by atoms with Crippen LogP contribution in [0.15, 0.2) is 29.8 Å². The van der Waals surface area contributed by atoms with Crippen molar-refractivity contribution in [2.75, 3.05) is 5.32 Å². The molecule has 0 aliphatic rings. The molecule has 3 nitrogen and oxygen atoms in total. The van der Waals surface area contributed by atoms with Crippen molar-refractivity contribution >= 4 is 17.7 Å². The van der Waals surface area contributed by atoms with E-state index in [1.807, 2.05) is 13.8 Å². The Morgan fingerprint density at radius 2 is 1.50 bits per heavy atom. The van der Waals surface area contributed by atoms with Gasteiger partial charge in [-0.05, 0) is 44.5 Å². The van der Waals surface area contributed by atoms with E-state index in [4.69, 9.17) is 5.11 Å². The van der Waals surface area contributed by atoms with E-state index < -0.39 is 45.9 Å². The summed E-state index contributed by atoms with van der Waals surface area (Å²) in [4.78, 5) is 10.8. The van der Waals surface area contributed by atoms with Crippen molar-refractivity contribution in [3.05, 3.63) is 58.7 Å². The molecule has 0 heterocycles. The van der Waals surface area contributed by atoms with Crippen molar-refractivity contribution in [3.8, 4) is 11.1 Å². The van der Waals surface area contributed by atoms with E-state index in [1.54, 1.807) is 0 Å². The average molecular weight is 367 g/mol. The zero-order chi connectivity index (χ0) is 19.6. The van der Waals surface area contributed by atoms with Crippen molar-refractivity contribution in [1.82, 2.24) is 0 Å². The van der Waals surface area contributed by atoms with Crippen LogP contribution in [-0.2, 0) is 4.79 Å². The third-order valence-electron chi connectivity index (χ3n) is 3.62. The summed E-state index contributed by atoms with van der Waals surface area (Å²) in [5.41, 5.74) is -1.74. The summed E-state index contributed by atoms with van der Waals surface area (Å²) in [6.45, 7) is 4.87. The highest BCUT2D eigenvalue weighted by molar-refractivity contribution is 5.91. The Balaban J connectivity index is 2.58. The zero-order valence-electron chi connectivity index (χ0n) is 14.3. The Morgan fingerprint density at radius 3 is 1.92 bits per heavy atom. The highest BCUT2D eigenvalue weighted by Gasteiger charge is 2.25. The second kappa shape index (κ2) is 7.59. The Bertz CT molecular complexity index is 845. The van der Waals surface area contributed by atoms with E-state index >= 15 is 0 Å². The monoisotopic (exact) mass is 367 g/mol. The smallest absolute Gasteiger partial charge is 0.331 e. The van der Waals surface area contributed by atoms with Gasteiger partial charge in [0.15, 0.2) is 23.3 Å². The Kier molecular flexibility index (Phi) is 5.69. The summed E-state index contributed by atoms with van der Waals surface area (Å²) in [6, 6.07) is 5.87. The van der Waals surface area contributed by atoms with E-state index in [1.165, 1.54) is 24.3 Å². The summed E-state index contributed by atoms with van der Waals surface area (Å²) in [6.07, 6.45) is 0.554. The van der Waals surface area contributed by atoms with Gasteiger partial charge >= 0.3 is 5.97 Å². The van der Waals surface area contributed by atoms with E-state index in [0.717, 1.165) is 6.92 Å². The highest BCUT2D eigenvalue weighted by Crippen LogP contribution is 2.33. The molecule has 138 valence electrons. The molecule has 0 saturated heterocycles. The molecule has 7 heteroatoms. The van der Waals surface area contributed by atoms with Gasteiger partial charge in [0.25, 0.3) is 0 Å². The Hall–Kier alpha value is -2.83. The minimum Gasteiger partial charge on any atom is -0.478 e. The minimum atomic E-state index is -1.65. The summed E-state index contributed by atoms with van der Waals surface area (Å²) < 4.78 is 57.2. The maximum absolute atomic E-state index is 14.4. The van der Waals surface area contributed by atoms with Gasteiger partial charge in [0.2, 0.25) is 0 Å². The number of carboxylic acid groups (broad SMARTS) is 1. The summed E-state index contributed by atoms with van der Waals surface area (Å²) in [5.74, 6) is -7.93. The van der Waals surface area contributed by atoms with Crippen molar-refractivity contribution in [3.63, 3.8) is 0 Å². The van der Waals surface area contributed by atoms with Gasteiger partial charge in [-0.25, -0.2) is 22.4 Å². The molecule has 0 bridgehead atoms. The van der Waals surface area contributed by atoms with Crippen LogP contribution in [0.5, 0.6) is 0 Å². The average Bonchev–Trinajstić information content (AvgIpc) is 2.58. The van der Waals surface area contributed by atoms with Crippen LogP contribution in [0, 0.1) is 23.3 Å². The molecule has 2 aromatic rings. The molecule has 26 heavy (non-hydrogen) atoms. The third-order valence-corrected chi connectivity index (χ3v) is 3.62. The van der Waals surface area contributed by atoms with Crippen molar-refractivity contribution < 1.29 is 27.5 Å². The molecule has 0 aromatic heterocycles. The van der Waals surface area contributed by atoms with Crippen LogP contribution in [0.4, 0.5) is 23.2 Å². The molecule has 0 saturated carbocycles. The number of halogens is 4. The first kappa shape index (κ1) is 19.5. The molecule has 0 fully saturated rings. The molecule has 0 unspecified atom stereocenters. The van der Waals surface area contributed by atoms with E-state index in [9.17, 15) is 22.4 Å². The summed E-state index contributed by atoms with van der Waals surface area (Å²) >= 11 is 0. The molecule has 0 spiro atoms. The van der Waals surface area contributed by atoms with Gasteiger partial charge in [0, 0.05) is 17.3 Å². The first-order valence-electron chi connectivity index (χ1n) is 7.78. The van der Waals surface area contributed by atoms with Crippen LogP contribution >= 0.6 is 0 Å². The Morgan fingerprint density at radius 1 is 1.00 bits per heavy atom. The van der Waals surface area contributed by atoms with Gasteiger partial charge in [0.05, 0.1) is 11.1 Å². The van der Waals surface area contributed by atoms with Crippen LogP contribution in [0.1, 0.15) is 26.3 Å². The fourth-order valence-electron chi connectivity index (χ4n) is 2.37. The van der Waals surface area contributed by atoms with Crippen molar-refractivity contribution in [2.24, 2.45) is 0 Å². The number of benzene rings is 2. The van der Waals surface area contributed by atoms with Gasteiger partial charge in [0.1, 0.15) is 0 Å². The maximum Gasteiger partial charge on any atom is 0.331 e. The van der Waals surface area contributed by atoms with Gasteiger partial charge in [-0.1, -0.05) is 12.1 Å². The fraction of sp³-hybridized carbons (Fsp3) is 0.211. The van der Waals surface area contributed by atoms with Crippen LogP contribution in [0.25, 0.3) is 17.2 Å². The largest absolute Gasteiger partial charge is 0.478 e. The maximum atomic E-state index is 14.4. The summed E-state index contributed by atoms with van der Waals surface area (Å²) in [7, 11) is 0. The molecule has 0 amide bonds.